The van der Waals surface area contributed by atoms with Crippen LogP contribution >= 0.6 is 0 Å². The number of rotatable bonds is 23. The van der Waals surface area contributed by atoms with Gasteiger partial charge in [0.2, 0.25) is 0 Å². The molecule has 0 fully saturated rings. The van der Waals surface area contributed by atoms with E-state index in [1.54, 1.807) is 0 Å². The maximum Gasteiger partial charge on any atom is 0.508 e. The van der Waals surface area contributed by atoms with Crippen LogP contribution in [-0.2, 0) is 28.4 Å². The summed E-state index contributed by atoms with van der Waals surface area (Å²) in [6.07, 6.45) is 8.32. The molecule has 0 bridgehead atoms. The molecule has 0 aliphatic rings. The highest BCUT2D eigenvalue weighted by atomic mass is 16.8. The van der Waals surface area contributed by atoms with Crippen LogP contribution in [0.5, 0.6) is 0 Å². The molecule has 0 rings (SSSR count). The molecule has 0 aliphatic carbocycles. The molecule has 230 valence electrons. The SMILES string of the molecule is CCCCC(CC)COC(=O)OCC(COC(=O)OCC(CC)CCCC)OC(=O)OCC(CC)CCCC. The van der Waals surface area contributed by atoms with Gasteiger partial charge in [-0.2, -0.15) is 0 Å². The third-order valence-electron chi connectivity index (χ3n) is 6.98. The second-order valence-electron chi connectivity index (χ2n) is 10.3. The van der Waals surface area contributed by atoms with E-state index < -0.39 is 24.6 Å². The quantitative estimate of drug-likeness (QED) is 0.0898. The average Bonchev–Trinajstić information content (AvgIpc) is 2.94. The van der Waals surface area contributed by atoms with Gasteiger partial charge in [-0.15, -0.1) is 0 Å². The van der Waals surface area contributed by atoms with Crippen molar-refractivity contribution in [1.29, 1.82) is 0 Å². The highest BCUT2D eigenvalue weighted by Gasteiger charge is 2.23. The molecule has 39 heavy (non-hydrogen) atoms. The molecular weight excluding hydrogens is 504 g/mol. The molecule has 0 aliphatic heterocycles. The summed E-state index contributed by atoms with van der Waals surface area (Å²) in [4.78, 5) is 36.7. The molecular formula is C30H56O9. The van der Waals surface area contributed by atoms with E-state index in [1.807, 2.05) is 6.92 Å². The Kier molecular flexibility index (Phi) is 23.4. The lowest BCUT2D eigenvalue weighted by Gasteiger charge is -2.20. The van der Waals surface area contributed by atoms with E-state index in [0.717, 1.165) is 77.0 Å². The first kappa shape index (κ1) is 36.8. The van der Waals surface area contributed by atoms with Gasteiger partial charge in [-0.05, 0) is 37.0 Å². The number of unbranched alkanes of at least 4 members (excludes halogenated alkanes) is 3. The minimum Gasteiger partial charge on any atom is -0.434 e. The molecule has 9 heteroatoms. The molecule has 0 aromatic rings. The van der Waals surface area contributed by atoms with E-state index in [1.165, 1.54) is 0 Å². The number of carbonyl (C=O) groups is 3. The minimum absolute atomic E-state index is 0.236. The first-order chi connectivity index (χ1) is 18.8. The Labute approximate surface area is 236 Å². The average molecular weight is 561 g/mol. The lowest BCUT2D eigenvalue weighted by molar-refractivity contribution is -0.0503. The van der Waals surface area contributed by atoms with E-state index in [0.29, 0.717) is 0 Å². The summed E-state index contributed by atoms with van der Waals surface area (Å²) in [5.41, 5.74) is 0. The number of carbonyl (C=O) groups excluding carboxylic acids is 3. The summed E-state index contributed by atoms with van der Waals surface area (Å²) in [6.45, 7) is 12.6. The summed E-state index contributed by atoms with van der Waals surface area (Å²) in [7, 11) is 0. The van der Waals surface area contributed by atoms with E-state index in [-0.39, 0.29) is 50.8 Å². The van der Waals surface area contributed by atoms with Crippen LogP contribution in [-0.4, -0.2) is 57.6 Å². The summed E-state index contributed by atoms with van der Waals surface area (Å²) in [5, 5.41) is 0. The molecule has 0 heterocycles. The Balaban J connectivity index is 4.86. The largest absolute Gasteiger partial charge is 0.508 e. The third-order valence-corrected chi connectivity index (χ3v) is 6.98. The monoisotopic (exact) mass is 560 g/mol. The van der Waals surface area contributed by atoms with Gasteiger partial charge in [-0.25, -0.2) is 14.4 Å². The maximum atomic E-state index is 12.4. The third kappa shape index (κ3) is 20.4. The fourth-order valence-corrected chi connectivity index (χ4v) is 3.94. The van der Waals surface area contributed by atoms with Gasteiger partial charge >= 0.3 is 18.5 Å². The van der Waals surface area contributed by atoms with Crippen molar-refractivity contribution >= 4 is 18.5 Å². The Morgan fingerprint density at radius 3 is 1.08 bits per heavy atom. The fourth-order valence-electron chi connectivity index (χ4n) is 3.94. The standard InChI is InChI=1S/C30H56O9/c1-7-13-16-24(10-4)19-34-28(31)37-22-27(39-30(33)36-21-26(12-6)18-15-9-3)23-38-29(32)35-20-25(11-5)17-14-8-2/h24-27H,7-23H2,1-6H3. The molecule has 0 aromatic heterocycles. The van der Waals surface area contributed by atoms with E-state index >= 15 is 0 Å². The van der Waals surface area contributed by atoms with Crippen molar-refractivity contribution < 1.29 is 42.8 Å². The van der Waals surface area contributed by atoms with E-state index in [9.17, 15) is 14.4 Å². The molecule has 9 nitrogen and oxygen atoms in total. The predicted octanol–water partition coefficient (Wildman–Crippen LogP) is 8.46. The normalized spacial score (nSPS) is 14.0. The molecule has 3 unspecified atom stereocenters. The van der Waals surface area contributed by atoms with Crippen molar-refractivity contribution in [3.8, 4) is 0 Å². The van der Waals surface area contributed by atoms with Crippen LogP contribution in [0.25, 0.3) is 0 Å². The van der Waals surface area contributed by atoms with Crippen LogP contribution in [0, 0.1) is 17.8 Å². The summed E-state index contributed by atoms with van der Waals surface area (Å²) in [6, 6.07) is 0. The Hall–Kier alpha value is -2.19. The second kappa shape index (κ2) is 24.8. The maximum absolute atomic E-state index is 12.4. The lowest BCUT2D eigenvalue weighted by Crippen LogP contribution is -2.32. The molecule has 0 saturated heterocycles. The molecule has 0 saturated carbocycles. The number of hydrogen-bond acceptors (Lipinski definition) is 9. The van der Waals surface area contributed by atoms with Crippen LogP contribution in [0.1, 0.15) is 119 Å². The van der Waals surface area contributed by atoms with Gasteiger partial charge in [0, 0.05) is 0 Å². The highest BCUT2D eigenvalue weighted by molar-refractivity contribution is 5.61. The summed E-state index contributed by atoms with van der Waals surface area (Å²) in [5.74, 6) is 0.772. The number of ether oxygens (including phenoxy) is 6. The van der Waals surface area contributed by atoms with Gasteiger partial charge in [-0.3, -0.25) is 0 Å². The molecule has 0 spiro atoms. The van der Waals surface area contributed by atoms with E-state index in [2.05, 4.69) is 34.6 Å². The van der Waals surface area contributed by atoms with Crippen molar-refractivity contribution in [1.82, 2.24) is 0 Å². The van der Waals surface area contributed by atoms with Gasteiger partial charge in [0.1, 0.15) is 13.2 Å². The molecule has 0 aromatic carbocycles. The number of hydrogen-bond donors (Lipinski definition) is 0. The molecule has 0 radical (unpaired) electrons. The van der Waals surface area contributed by atoms with Crippen molar-refractivity contribution in [2.45, 2.75) is 125 Å². The minimum atomic E-state index is -1.06. The highest BCUT2D eigenvalue weighted by Crippen LogP contribution is 2.16. The Bertz CT molecular complexity index is 590. The van der Waals surface area contributed by atoms with Crippen LogP contribution in [0.3, 0.4) is 0 Å². The van der Waals surface area contributed by atoms with Crippen molar-refractivity contribution in [3.63, 3.8) is 0 Å². The van der Waals surface area contributed by atoms with Crippen LogP contribution in [0.4, 0.5) is 14.4 Å². The Morgan fingerprint density at radius 2 is 0.769 bits per heavy atom. The fraction of sp³-hybridized carbons (Fsp3) is 0.900. The molecule has 0 N–H and O–H groups in total. The topological polar surface area (TPSA) is 107 Å². The smallest absolute Gasteiger partial charge is 0.434 e. The zero-order valence-corrected chi connectivity index (χ0v) is 25.5. The van der Waals surface area contributed by atoms with Crippen molar-refractivity contribution in [2.24, 2.45) is 17.8 Å². The summed E-state index contributed by atoms with van der Waals surface area (Å²) >= 11 is 0. The lowest BCUT2D eigenvalue weighted by atomic mass is 10.0. The summed E-state index contributed by atoms with van der Waals surface area (Å²) < 4.78 is 31.5. The van der Waals surface area contributed by atoms with Gasteiger partial charge in [0.15, 0.2) is 6.10 Å². The predicted molar refractivity (Wildman–Crippen MR) is 151 cm³/mol. The van der Waals surface area contributed by atoms with Gasteiger partial charge in [0.05, 0.1) is 19.8 Å². The van der Waals surface area contributed by atoms with Crippen LogP contribution in [0.2, 0.25) is 0 Å². The zero-order valence-electron chi connectivity index (χ0n) is 25.5. The van der Waals surface area contributed by atoms with Crippen LogP contribution in [0.15, 0.2) is 0 Å². The van der Waals surface area contributed by atoms with Gasteiger partial charge in [-0.1, -0.05) is 99.3 Å². The second-order valence-corrected chi connectivity index (χ2v) is 10.3. The van der Waals surface area contributed by atoms with Gasteiger partial charge < -0.3 is 28.4 Å². The van der Waals surface area contributed by atoms with Crippen molar-refractivity contribution in [3.05, 3.63) is 0 Å². The molecule has 0 amide bonds. The van der Waals surface area contributed by atoms with Gasteiger partial charge in [0.25, 0.3) is 0 Å². The van der Waals surface area contributed by atoms with Crippen molar-refractivity contribution in [2.75, 3.05) is 33.0 Å². The zero-order chi connectivity index (χ0) is 29.3. The first-order valence-electron chi connectivity index (χ1n) is 15.2. The van der Waals surface area contributed by atoms with E-state index in [4.69, 9.17) is 28.4 Å². The first-order valence-corrected chi connectivity index (χ1v) is 15.2. The molecule has 3 atom stereocenters. The Morgan fingerprint density at radius 1 is 0.462 bits per heavy atom. The van der Waals surface area contributed by atoms with Crippen LogP contribution < -0.4 is 0 Å².